The standard InChI is InChI=1S/C17H23NO/c1-14-8-7-9-15(12-14)16(19)17(13-18)10-5-3-2-4-6-11-17/h7-9,12,16,19H,2-6,10-11H2,1H3. The second-order valence-electron chi connectivity index (χ2n) is 5.85. The summed E-state index contributed by atoms with van der Waals surface area (Å²) in [6, 6.07) is 10.4. The molecule has 0 amide bonds. The van der Waals surface area contributed by atoms with Crippen LogP contribution in [0.2, 0.25) is 0 Å². The number of rotatable bonds is 2. The first-order valence-corrected chi connectivity index (χ1v) is 7.34. The molecule has 2 nitrogen and oxygen atoms in total. The zero-order valence-corrected chi connectivity index (χ0v) is 11.7. The van der Waals surface area contributed by atoms with Gasteiger partial charge in [0.15, 0.2) is 0 Å². The molecule has 1 aliphatic carbocycles. The van der Waals surface area contributed by atoms with Crippen LogP contribution in [-0.2, 0) is 0 Å². The van der Waals surface area contributed by atoms with Crippen molar-refractivity contribution in [1.82, 2.24) is 0 Å². The molecule has 1 N–H and O–H groups in total. The van der Waals surface area contributed by atoms with Crippen LogP contribution in [-0.4, -0.2) is 5.11 Å². The number of nitriles is 1. The molecular formula is C17H23NO. The molecule has 0 aromatic heterocycles. The van der Waals surface area contributed by atoms with E-state index in [1.807, 2.05) is 31.2 Å². The normalized spacial score (nSPS) is 20.9. The van der Waals surface area contributed by atoms with E-state index in [0.29, 0.717) is 0 Å². The minimum atomic E-state index is -0.657. The Balaban J connectivity index is 2.26. The van der Waals surface area contributed by atoms with Crippen LogP contribution in [0.3, 0.4) is 0 Å². The van der Waals surface area contributed by atoms with Crippen LogP contribution in [0.25, 0.3) is 0 Å². The Morgan fingerprint density at radius 2 is 1.79 bits per heavy atom. The van der Waals surface area contributed by atoms with Gasteiger partial charge < -0.3 is 5.11 Å². The summed E-state index contributed by atoms with van der Waals surface area (Å²) in [5.41, 5.74) is 1.44. The summed E-state index contributed by atoms with van der Waals surface area (Å²) < 4.78 is 0. The zero-order valence-electron chi connectivity index (χ0n) is 11.7. The van der Waals surface area contributed by atoms with Crippen LogP contribution in [0.4, 0.5) is 0 Å². The van der Waals surface area contributed by atoms with Crippen LogP contribution >= 0.6 is 0 Å². The zero-order chi connectivity index (χ0) is 13.7. The number of benzene rings is 1. The monoisotopic (exact) mass is 257 g/mol. The van der Waals surface area contributed by atoms with Crippen molar-refractivity contribution in [1.29, 1.82) is 5.26 Å². The Morgan fingerprint density at radius 3 is 2.37 bits per heavy atom. The van der Waals surface area contributed by atoms with Gasteiger partial charge in [0.05, 0.1) is 17.6 Å². The van der Waals surface area contributed by atoms with Gasteiger partial charge >= 0.3 is 0 Å². The lowest BCUT2D eigenvalue weighted by Gasteiger charge is -2.33. The fourth-order valence-electron chi connectivity index (χ4n) is 3.14. The Morgan fingerprint density at radius 1 is 1.16 bits per heavy atom. The van der Waals surface area contributed by atoms with Gasteiger partial charge in [0.2, 0.25) is 0 Å². The van der Waals surface area contributed by atoms with Gasteiger partial charge in [-0.25, -0.2) is 0 Å². The Hall–Kier alpha value is -1.33. The van der Waals surface area contributed by atoms with Crippen LogP contribution in [0.5, 0.6) is 0 Å². The second-order valence-corrected chi connectivity index (χ2v) is 5.85. The number of nitrogens with zero attached hydrogens (tertiary/aromatic N) is 1. The number of hydrogen-bond donors (Lipinski definition) is 1. The third-order valence-electron chi connectivity index (χ3n) is 4.35. The smallest absolute Gasteiger partial charge is 0.0976 e. The minimum Gasteiger partial charge on any atom is -0.387 e. The van der Waals surface area contributed by atoms with E-state index < -0.39 is 11.5 Å². The average molecular weight is 257 g/mol. The predicted molar refractivity (Wildman–Crippen MR) is 76.5 cm³/mol. The molecular weight excluding hydrogens is 234 g/mol. The van der Waals surface area contributed by atoms with E-state index in [2.05, 4.69) is 6.07 Å². The van der Waals surface area contributed by atoms with E-state index in [-0.39, 0.29) is 0 Å². The van der Waals surface area contributed by atoms with E-state index in [4.69, 9.17) is 0 Å². The van der Waals surface area contributed by atoms with Crippen molar-refractivity contribution in [2.75, 3.05) is 0 Å². The Kier molecular flexibility index (Phi) is 4.61. The first-order valence-electron chi connectivity index (χ1n) is 7.34. The van der Waals surface area contributed by atoms with Gasteiger partial charge in [-0.05, 0) is 25.3 Å². The third-order valence-corrected chi connectivity index (χ3v) is 4.35. The van der Waals surface area contributed by atoms with Gasteiger partial charge in [-0.1, -0.05) is 61.9 Å². The summed E-state index contributed by atoms with van der Waals surface area (Å²) in [6.45, 7) is 2.02. The number of aliphatic hydroxyl groups excluding tert-OH is 1. The van der Waals surface area contributed by atoms with E-state index >= 15 is 0 Å². The van der Waals surface area contributed by atoms with E-state index in [1.165, 1.54) is 19.3 Å². The molecule has 1 aliphatic rings. The molecule has 1 atom stereocenters. The lowest BCUT2D eigenvalue weighted by molar-refractivity contribution is 0.0434. The van der Waals surface area contributed by atoms with Crippen molar-refractivity contribution in [3.63, 3.8) is 0 Å². The van der Waals surface area contributed by atoms with Gasteiger partial charge in [-0.15, -0.1) is 0 Å². The molecule has 0 radical (unpaired) electrons. The van der Waals surface area contributed by atoms with Crippen LogP contribution in [0.1, 0.15) is 62.2 Å². The highest BCUT2D eigenvalue weighted by atomic mass is 16.3. The fraction of sp³-hybridized carbons (Fsp3) is 0.588. The lowest BCUT2D eigenvalue weighted by Crippen LogP contribution is -2.28. The molecule has 1 aromatic rings. The average Bonchev–Trinajstić information content (AvgIpc) is 2.39. The molecule has 0 bridgehead atoms. The molecule has 19 heavy (non-hydrogen) atoms. The van der Waals surface area contributed by atoms with Crippen molar-refractivity contribution >= 4 is 0 Å². The third kappa shape index (κ3) is 3.16. The number of hydrogen-bond acceptors (Lipinski definition) is 2. The molecule has 1 unspecified atom stereocenters. The van der Waals surface area contributed by atoms with Crippen molar-refractivity contribution < 1.29 is 5.11 Å². The first kappa shape index (κ1) is 14.1. The maximum Gasteiger partial charge on any atom is 0.0976 e. The number of aliphatic hydroxyl groups is 1. The largest absolute Gasteiger partial charge is 0.387 e. The summed E-state index contributed by atoms with van der Waals surface area (Å²) in [6.07, 6.45) is 6.72. The van der Waals surface area contributed by atoms with Gasteiger partial charge in [-0.2, -0.15) is 5.26 Å². The van der Waals surface area contributed by atoms with E-state index in [0.717, 1.165) is 36.8 Å². The van der Waals surface area contributed by atoms with Crippen molar-refractivity contribution in [3.05, 3.63) is 35.4 Å². The lowest BCUT2D eigenvalue weighted by atomic mass is 9.71. The fourth-order valence-corrected chi connectivity index (χ4v) is 3.14. The van der Waals surface area contributed by atoms with Crippen LogP contribution < -0.4 is 0 Å². The van der Waals surface area contributed by atoms with Gasteiger partial charge in [0, 0.05) is 0 Å². The van der Waals surface area contributed by atoms with Gasteiger partial charge in [0.1, 0.15) is 0 Å². The van der Waals surface area contributed by atoms with Crippen LogP contribution in [0.15, 0.2) is 24.3 Å². The maximum absolute atomic E-state index is 10.7. The van der Waals surface area contributed by atoms with Crippen LogP contribution in [0, 0.1) is 23.7 Å². The highest BCUT2D eigenvalue weighted by molar-refractivity contribution is 5.27. The van der Waals surface area contributed by atoms with E-state index in [1.54, 1.807) is 0 Å². The minimum absolute atomic E-state index is 0.589. The summed E-state index contributed by atoms with van der Waals surface area (Å²) in [4.78, 5) is 0. The first-order chi connectivity index (χ1) is 9.18. The molecule has 1 saturated carbocycles. The number of aryl methyl sites for hydroxylation is 1. The SMILES string of the molecule is Cc1cccc(C(O)C2(C#N)CCCCCCC2)c1. The van der Waals surface area contributed by atoms with Gasteiger partial charge in [0.25, 0.3) is 0 Å². The second kappa shape index (κ2) is 6.21. The topological polar surface area (TPSA) is 44.0 Å². The highest BCUT2D eigenvalue weighted by Crippen LogP contribution is 2.44. The molecule has 0 spiro atoms. The molecule has 102 valence electrons. The Labute approximate surface area is 116 Å². The summed E-state index contributed by atoms with van der Waals surface area (Å²) in [5.74, 6) is 0. The quantitative estimate of drug-likeness (QED) is 0.859. The van der Waals surface area contributed by atoms with E-state index in [9.17, 15) is 10.4 Å². The molecule has 0 aliphatic heterocycles. The summed E-state index contributed by atoms with van der Waals surface area (Å²) in [5, 5.41) is 20.4. The van der Waals surface area contributed by atoms with Crippen molar-refractivity contribution in [2.24, 2.45) is 5.41 Å². The Bertz CT molecular complexity index is 453. The van der Waals surface area contributed by atoms with Gasteiger partial charge in [-0.3, -0.25) is 0 Å². The summed E-state index contributed by atoms with van der Waals surface area (Å²) in [7, 11) is 0. The molecule has 1 aromatic carbocycles. The molecule has 0 saturated heterocycles. The maximum atomic E-state index is 10.7. The summed E-state index contributed by atoms with van der Waals surface area (Å²) >= 11 is 0. The predicted octanol–water partition coefficient (Wildman–Crippen LogP) is 4.28. The molecule has 0 heterocycles. The van der Waals surface area contributed by atoms with Crippen molar-refractivity contribution in [2.45, 2.75) is 58.0 Å². The van der Waals surface area contributed by atoms with Crippen molar-refractivity contribution in [3.8, 4) is 6.07 Å². The molecule has 2 heteroatoms. The molecule has 1 fully saturated rings. The molecule has 2 rings (SSSR count). The highest BCUT2D eigenvalue weighted by Gasteiger charge is 2.38.